The number of benzene rings is 1. The Balaban J connectivity index is 1.34. The van der Waals surface area contributed by atoms with Crippen molar-refractivity contribution in [3.8, 4) is 5.75 Å². The summed E-state index contributed by atoms with van der Waals surface area (Å²) in [7, 11) is -0.383. The first-order chi connectivity index (χ1) is 16.0. The Morgan fingerprint density at radius 3 is 2.03 bits per heavy atom. The Morgan fingerprint density at radius 1 is 0.909 bits per heavy atom. The molecule has 1 aliphatic heterocycles. The molecule has 0 bridgehead atoms. The van der Waals surface area contributed by atoms with Crippen LogP contribution in [0.15, 0.2) is 24.5 Å². The summed E-state index contributed by atoms with van der Waals surface area (Å²) in [6, 6.07) is 7.21. The standard InChI is InChI=1S/C27H40F4OSi/c1-2-3-14-33-15-12-21(13-16-33)7-5-4-6-20-8-10-22(11-9-20)23-17-24(28)27(25(29)18-23)32-19-26(30)31/h17-22,33H,2-16H2,1H3. The number of halogens is 4. The van der Waals surface area contributed by atoms with Gasteiger partial charge < -0.3 is 4.74 Å². The SMILES string of the molecule is CCCC[SiH]1CCC(CCCCC2CCC(c3cc(F)c(OC=C(F)F)c(F)c3)CC2)CC1. The molecule has 0 aromatic heterocycles. The molecule has 33 heavy (non-hydrogen) atoms. The molecule has 1 saturated heterocycles. The lowest BCUT2D eigenvalue weighted by Crippen LogP contribution is -2.21. The van der Waals surface area contributed by atoms with Crippen LogP contribution in [0.3, 0.4) is 0 Å². The highest BCUT2D eigenvalue weighted by Crippen LogP contribution is 2.40. The van der Waals surface area contributed by atoms with E-state index in [1.54, 1.807) is 18.1 Å². The molecular formula is C27H40F4OSi. The van der Waals surface area contributed by atoms with E-state index in [-0.39, 0.29) is 21.0 Å². The van der Waals surface area contributed by atoms with Gasteiger partial charge in [0.2, 0.25) is 0 Å². The van der Waals surface area contributed by atoms with Crippen LogP contribution in [0.25, 0.3) is 0 Å². The zero-order valence-electron chi connectivity index (χ0n) is 20.1. The van der Waals surface area contributed by atoms with Crippen molar-refractivity contribution < 1.29 is 22.3 Å². The summed E-state index contributed by atoms with van der Waals surface area (Å²) >= 11 is 0. The second kappa shape index (κ2) is 13.6. The van der Waals surface area contributed by atoms with Crippen LogP contribution in [0, 0.1) is 23.5 Å². The number of hydrogen-bond acceptors (Lipinski definition) is 1. The fraction of sp³-hybridized carbons (Fsp3) is 0.704. The highest BCUT2D eigenvalue weighted by molar-refractivity contribution is 6.58. The van der Waals surface area contributed by atoms with Crippen molar-refractivity contribution in [3.05, 3.63) is 41.7 Å². The van der Waals surface area contributed by atoms with Gasteiger partial charge in [-0.15, -0.1) is 0 Å². The Bertz CT molecular complexity index is 725. The molecule has 2 fully saturated rings. The highest BCUT2D eigenvalue weighted by Gasteiger charge is 2.25. The third-order valence-corrected chi connectivity index (χ3v) is 11.5. The zero-order valence-corrected chi connectivity index (χ0v) is 21.2. The number of hydrogen-bond donors (Lipinski definition) is 0. The molecule has 6 heteroatoms. The molecule has 0 unspecified atom stereocenters. The third-order valence-electron chi connectivity index (χ3n) is 8.01. The van der Waals surface area contributed by atoms with Crippen molar-refractivity contribution in [2.75, 3.05) is 0 Å². The smallest absolute Gasteiger partial charge is 0.305 e. The average molecular weight is 485 g/mol. The lowest BCUT2D eigenvalue weighted by molar-refractivity contribution is 0.296. The van der Waals surface area contributed by atoms with Gasteiger partial charge in [-0.1, -0.05) is 76.4 Å². The maximum Gasteiger partial charge on any atom is 0.305 e. The van der Waals surface area contributed by atoms with Crippen LogP contribution in [0.1, 0.15) is 95.5 Å². The second-order valence-electron chi connectivity index (χ2n) is 10.4. The summed E-state index contributed by atoms with van der Waals surface area (Å²) in [6.07, 6.45) is 13.1. The van der Waals surface area contributed by atoms with Crippen molar-refractivity contribution >= 4 is 8.80 Å². The quantitative estimate of drug-likeness (QED) is 0.132. The second-order valence-corrected chi connectivity index (χ2v) is 13.8. The first kappa shape index (κ1) is 26.3. The van der Waals surface area contributed by atoms with E-state index in [4.69, 9.17) is 0 Å². The summed E-state index contributed by atoms with van der Waals surface area (Å²) in [5.41, 5.74) is 0.610. The van der Waals surface area contributed by atoms with Gasteiger partial charge in [0, 0.05) is 8.80 Å². The van der Waals surface area contributed by atoms with E-state index < -0.39 is 23.5 Å². The summed E-state index contributed by atoms with van der Waals surface area (Å²) in [5, 5.41) is 0. The van der Waals surface area contributed by atoms with Gasteiger partial charge in [0.1, 0.15) is 0 Å². The fourth-order valence-electron chi connectivity index (χ4n) is 5.98. The van der Waals surface area contributed by atoms with E-state index in [0.717, 1.165) is 31.6 Å². The molecule has 0 atom stereocenters. The molecule has 1 aromatic carbocycles. The molecule has 1 aliphatic carbocycles. The van der Waals surface area contributed by atoms with Crippen LogP contribution in [-0.4, -0.2) is 8.80 Å². The molecule has 1 saturated carbocycles. The maximum atomic E-state index is 14.2. The van der Waals surface area contributed by atoms with Crippen LogP contribution in [0.4, 0.5) is 17.6 Å². The molecule has 1 aromatic rings. The number of rotatable bonds is 11. The minimum absolute atomic E-state index is 0.0622. The summed E-state index contributed by atoms with van der Waals surface area (Å²) < 4.78 is 57.1. The first-order valence-corrected chi connectivity index (χ1v) is 15.6. The van der Waals surface area contributed by atoms with Gasteiger partial charge in [-0.3, -0.25) is 0 Å². The number of ether oxygens (including phenoxy) is 1. The summed E-state index contributed by atoms with van der Waals surface area (Å²) in [6.45, 7) is 2.30. The van der Waals surface area contributed by atoms with Crippen LogP contribution >= 0.6 is 0 Å². The monoisotopic (exact) mass is 484 g/mol. The molecule has 0 N–H and O–H groups in total. The Morgan fingerprint density at radius 2 is 1.48 bits per heavy atom. The van der Waals surface area contributed by atoms with Gasteiger partial charge in [0.25, 0.3) is 0 Å². The first-order valence-electron chi connectivity index (χ1n) is 13.1. The van der Waals surface area contributed by atoms with Gasteiger partial charge in [0.15, 0.2) is 23.6 Å². The van der Waals surface area contributed by atoms with E-state index in [9.17, 15) is 17.6 Å². The van der Waals surface area contributed by atoms with Gasteiger partial charge >= 0.3 is 6.08 Å². The van der Waals surface area contributed by atoms with Crippen molar-refractivity contribution in [1.29, 1.82) is 0 Å². The Hall–Kier alpha value is -1.30. The van der Waals surface area contributed by atoms with Crippen molar-refractivity contribution in [2.24, 2.45) is 11.8 Å². The van der Waals surface area contributed by atoms with E-state index in [1.165, 1.54) is 63.5 Å². The fourth-order valence-corrected chi connectivity index (χ4v) is 9.72. The van der Waals surface area contributed by atoms with Crippen molar-refractivity contribution in [2.45, 2.75) is 108 Å². The Kier molecular flexibility index (Phi) is 10.8. The summed E-state index contributed by atoms with van der Waals surface area (Å²) in [4.78, 5) is 0. The molecule has 186 valence electrons. The lowest BCUT2D eigenvalue weighted by atomic mass is 9.77. The molecule has 0 spiro atoms. The maximum absolute atomic E-state index is 14.2. The number of unbranched alkanes of at least 4 members (excludes halogenated alkanes) is 2. The highest BCUT2D eigenvalue weighted by atomic mass is 28.3. The minimum Gasteiger partial charge on any atom is -0.453 e. The van der Waals surface area contributed by atoms with Gasteiger partial charge in [0.05, 0.1) is 0 Å². The average Bonchev–Trinajstić information content (AvgIpc) is 2.81. The van der Waals surface area contributed by atoms with Gasteiger partial charge in [-0.25, -0.2) is 8.78 Å². The lowest BCUT2D eigenvalue weighted by Gasteiger charge is -2.30. The minimum atomic E-state index is -2.13. The Labute approximate surface area is 198 Å². The van der Waals surface area contributed by atoms with E-state index in [0.29, 0.717) is 11.5 Å². The van der Waals surface area contributed by atoms with Crippen molar-refractivity contribution in [3.63, 3.8) is 0 Å². The van der Waals surface area contributed by atoms with Crippen LogP contribution in [0.5, 0.6) is 5.75 Å². The van der Waals surface area contributed by atoms with Crippen LogP contribution in [0.2, 0.25) is 18.1 Å². The third kappa shape index (κ3) is 8.45. The molecule has 1 heterocycles. The van der Waals surface area contributed by atoms with Gasteiger partial charge in [-0.2, -0.15) is 8.78 Å². The topological polar surface area (TPSA) is 9.23 Å². The summed E-state index contributed by atoms with van der Waals surface area (Å²) in [5.74, 6) is -0.802. The molecule has 2 aliphatic rings. The molecular weight excluding hydrogens is 444 g/mol. The largest absolute Gasteiger partial charge is 0.453 e. The zero-order chi connectivity index (χ0) is 23.6. The van der Waals surface area contributed by atoms with Gasteiger partial charge in [-0.05, 0) is 61.1 Å². The van der Waals surface area contributed by atoms with Crippen LogP contribution in [-0.2, 0) is 0 Å². The molecule has 0 radical (unpaired) electrons. The van der Waals surface area contributed by atoms with Crippen molar-refractivity contribution in [1.82, 2.24) is 0 Å². The predicted molar refractivity (Wildman–Crippen MR) is 130 cm³/mol. The predicted octanol–water partition coefficient (Wildman–Crippen LogP) is 9.35. The van der Waals surface area contributed by atoms with E-state index in [2.05, 4.69) is 11.7 Å². The normalized spacial score (nSPS) is 25.6. The van der Waals surface area contributed by atoms with Crippen LogP contribution < -0.4 is 4.74 Å². The van der Waals surface area contributed by atoms with E-state index >= 15 is 0 Å². The molecule has 1 nitrogen and oxygen atoms in total. The molecule has 3 rings (SSSR count). The molecule has 0 amide bonds. The van der Waals surface area contributed by atoms with E-state index in [1.807, 2.05) is 0 Å².